The molecule has 0 heterocycles. The van der Waals surface area contributed by atoms with Crippen molar-refractivity contribution in [2.45, 2.75) is 25.7 Å². The van der Waals surface area contributed by atoms with Gasteiger partial charge in [0.2, 0.25) is 0 Å². The van der Waals surface area contributed by atoms with Crippen molar-refractivity contribution in [1.29, 1.82) is 5.41 Å². The van der Waals surface area contributed by atoms with Gasteiger partial charge in [-0.2, -0.15) is 0 Å². The van der Waals surface area contributed by atoms with Crippen molar-refractivity contribution in [3.8, 4) is 0 Å². The van der Waals surface area contributed by atoms with Crippen LogP contribution in [-0.2, 0) is 0 Å². The van der Waals surface area contributed by atoms with Crippen molar-refractivity contribution in [1.82, 2.24) is 0 Å². The minimum atomic E-state index is 0.888. The van der Waals surface area contributed by atoms with E-state index in [0.29, 0.717) is 0 Å². The Balaban J connectivity index is 2.41. The maximum absolute atomic E-state index is 7.28. The third kappa shape index (κ3) is 1.49. The van der Waals surface area contributed by atoms with Crippen molar-refractivity contribution in [3.63, 3.8) is 0 Å². The zero-order valence-corrected chi connectivity index (χ0v) is 4.98. The van der Waals surface area contributed by atoms with Crippen molar-refractivity contribution < 1.29 is 0 Å². The van der Waals surface area contributed by atoms with Crippen LogP contribution in [0.1, 0.15) is 25.7 Å². The monoisotopic (exact) mass is 109 g/mol. The molecule has 0 unspecified atom stereocenters. The van der Waals surface area contributed by atoms with Gasteiger partial charge in [0.05, 0.1) is 0 Å². The molecular weight excluding hydrogens is 98.1 g/mol. The summed E-state index contributed by atoms with van der Waals surface area (Å²) < 4.78 is 0. The molecule has 1 N–H and O–H groups in total. The van der Waals surface area contributed by atoms with Crippen LogP contribution in [0.15, 0.2) is 12.2 Å². The Labute approximate surface area is 49.9 Å². The number of hydrogen-bond acceptors (Lipinski definition) is 1. The molecular formula is C7H11N. The molecule has 1 aliphatic carbocycles. The summed E-state index contributed by atoms with van der Waals surface area (Å²) >= 11 is 0. The predicted octanol–water partition coefficient (Wildman–Crippen LogP) is 2.14. The summed E-state index contributed by atoms with van der Waals surface area (Å²) in [4.78, 5) is 0. The number of nitrogens with one attached hydrogen (secondary N) is 1. The van der Waals surface area contributed by atoms with Gasteiger partial charge >= 0.3 is 0 Å². The first kappa shape index (κ1) is 5.54. The predicted molar refractivity (Wildman–Crippen MR) is 35.3 cm³/mol. The van der Waals surface area contributed by atoms with Crippen LogP contribution < -0.4 is 0 Å². The standard InChI is InChI=1S/C7H11N/c8-7-5-3-1-2-4-6-7/h1,3,8H,2,4-6H2. The molecule has 0 aromatic heterocycles. The minimum Gasteiger partial charge on any atom is -0.309 e. The molecule has 0 saturated carbocycles. The summed E-state index contributed by atoms with van der Waals surface area (Å²) in [6.45, 7) is 0. The molecule has 0 bridgehead atoms. The fraction of sp³-hybridized carbons (Fsp3) is 0.571. The maximum atomic E-state index is 7.28. The van der Waals surface area contributed by atoms with E-state index in [1.54, 1.807) is 0 Å². The average Bonchev–Trinajstić information content (AvgIpc) is 1.94. The summed E-state index contributed by atoms with van der Waals surface area (Å²) in [5, 5.41) is 7.28. The zero-order chi connectivity index (χ0) is 5.82. The molecule has 0 fully saturated rings. The molecule has 1 nitrogen and oxygen atoms in total. The van der Waals surface area contributed by atoms with Gasteiger partial charge in [-0.05, 0) is 19.3 Å². The lowest BCUT2D eigenvalue weighted by atomic mass is 10.2. The summed E-state index contributed by atoms with van der Waals surface area (Å²) in [5.41, 5.74) is 0.888. The second kappa shape index (κ2) is 2.65. The van der Waals surface area contributed by atoms with E-state index in [0.717, 1.165) is 18.6 Å². The molecule has 1 aliphatic rings. The Kier molecular flexibility index (Phi) is 1.84. The van der Waals surface area contributed by atoms with Crippen LogP contribution in [-0.4, -0.2) is 5.71 Å². The molecule has 0 aromatic carbocycles. The molecule has 8 heavy (non-hydrogen) atoms. The Morgan fingerprint density at radius 2 is 2.25 bits per heavy atom. The Morgan fingerprint density at radius 1 is 1.38 bits per heavy atom. The van der Waals surface area contributed by atoms with Crippen molar-refractivity contribution >= 4 is 5.71 Å². The highest BCUT2D eigenvalue weighted by Crippen LogP contribution is 2.06. The highest BCUT2D eigenvalue weighted by Gasteiger charge is 1.96. The van der Waals surface area contributed by atoms with Gasteiger partial charge in [0, 0.05) is 12.1 Å². The lowest BCUT2D eigenvalue weighted by Crippen LogP contribution is -1.89. The first-order valence-electron chi connectivity index (χ1n) is 3.11. The Hall–Kier alpha value is -0.590. The first-order valence-corrected chi connectivity index (χ1v) is 3.11. The number of allylic oxidation sites excluding steroid dienone is 2. The second-order valence-corrected chi connectivity index (χ2v) is 2.17. The SMILES string of the molecule is N=C1CC=CCCC1. The molecule has 0 aliphatic heterocycles. The van der Waals surface area contributed by atoms with Gasteiger partial charge in [0.25, 0.3) is 0 Å². The third-order valence-electron chi connectivity index (χ3n) is 1.38. The molecule has 0 aromatic rings. The second-order valence-electron chi connectivity index (χ2n) is 2.17. The van der Waals surface area contributed by atoms with E-state index < -0.39 is 0 Å². The van der Waals surface area contributed by atoms with Crippen LogP contribution in [0.4, 0.5) is 0 Å². The van der Waals surface area contributed by atoms with Crippen molar-refractivity contribution in [3.05, 3.63) is 12.2 Å². The maximum Gasteiger partial charge on any atom is 0.0127 e. The lowest BCUT2D eigenvalue weighted by molar-refractivity contribution is 0.896. The number of hydrogen-bond donors (Lipinski definition) is 1. The van der Waals surface area contributed by atoms with E-state index in [2.05, 4.69) is 12.2 Å². The summed E-state index contributed by atoms with van der Waals surface area (Å²) in [6.07, 6.45) is 8.50. The molecule has 1 heteroatoms. The van der Waals surface area contributed by atoms with E-state index in [-0.39, 0.29) is 0 Å². The minimum absolute atomic E-state index is 0.888. The molecule has 0 atom stereocenters. The van der Waals surface area contributed by atoms with Gasteiger partial charge in [-0.1, -0.05) is 12.2 Å². The Morgan fingerprint density at radius 3 is 3.12 bits per heavy atom. The van der Waals surface area contributed by atoms with Crippen LogP contribution >= 0.6 is 0 Å². The number of rotatable bonds is 0. The highest BCUT2D eigenvalue weighted by molar-refractivity contribution is 5.82. The van der Waals surface area contributed by atoms with Crippen LogP contribution in [0.5, 0.6) is 0 Å². The van der Waals surface area contributed by atoms with Gasteiger partial charge in [0.1, 0.15) is 0 Å². The molecule has 0 radical (unpaired) electrons. The third-order valence-corrected chi connectivity index (χ3v) is 1.38. The van der Waals surface area contributed by atoms with Gasteiger partial charge in [-0.25, -0.2) is 0 Å². The smallest absolute Gasteiger partial charge is 0.0127 e. The van der Waals surface area contributed by atoms with Crippen molar-refractivity contribution in [2.24, 2.45) is 0 Å². The molecule has 0 saturated heterocycles. The largest absolute Gasteiger partial charge is 0.309 e. The van der Waals surface area contributed by atoms with E-state index in [1.165, 1.54) is 12.8 Å². The molecule has 1 rings (SSSR count). The van der Waals surface area contributed by atoms with Crippen LogP contribution in [0.3, 0.4) is 0 Å². The quantitative estimate of drug-likeness (QED) is 0.461. The van der Waals surface area contributed by atoms with Crippen LogP contribution in [0.25, 0.3) is 0 Å². The van der Waals surface area contributed by atoms with E-state index in [4.69, 9.17) is 5.41 Å². The fourth-order valence-electron chi connectivity index (χ4n) is 0.879. The van der Waals surface area contributed by atoms with Gasteiger partial charge in [0.15, 0.2) is 0 Å². The average molecular weight is 109 g/mol. The Bertz CT molecular complexity index is 114. The molecule has 0 spiro atoms. The van der Waals surface area contributed by atoms with Gasteiger partial charge in [-0.15, -0.1) is 0 Å². The van der Waals surface area contributed by atoms with Crippen molar-refractivity contribution in [2.75, 3.05) is 0 Å². The van der Waals surface area contributed by atoms with Gasteiger partial charge in [-0.3, -0.25) is 0 Å². The fourth-order valence-corrected chi connectivity index (χ4v) is 0.879. The van der Waals surface area contributed by atoms with Gasteiger partial charge < -0.3 is 5.41 Å². The highest BCUT2D eigenvalue weighted by atomic mass is 14.4. The van der Waals surface area contributed by atoms with E-state index in [9.17, 15) is 0 Å². The van der Waals surface area contributed by atoms with Crippen LogP contribution in [0.2, 0.25) is 0 Å². The van der Waals surface area contributed by atoms with E-state index >= 15 is 0 Å². The lowest BCUT2D eigenvalue weighted by Gasteiger charge is -1.91. The summed E-state index contributed by atoms with van der Waals surface area (Å²) in [5.74, 6) is 0. The molecule has 44 valence electrons. The first-order chi connectivity index (χ1) is 3.89. The van der Waals surface area contributed by atoms with E-state index in [1.807, 2.05) is 0 Å². The summed E-state index contributed by atoms with van der Waals surface area (Å²) in [7, 11) is 0. The zero-order valence-electron chi connectivity index (χ0n) is 4.98. The normalized spacial score (nSPS) is 20.8. The topological polar surface area (TPSA) is 23.9 Å². The molecule has 0 amide bonds. The summed E-state index contributed by atoms with van der Waals surface area (Å²) in [6, 6.07) is 0. The van der Waals surface area contributed by atoms with Crippen LogP contribution in [0, 0.1) is 5.41 Å².